The summed E-state index contributed by atoms with van der Waals surface area (Å²) in [5.74, 6) is 0.773. The van der Waals surface area contributed by atoms with Gasteiger partial charge in [0.1, 0.15) is 0 Å². The van der Waals surface area contributed by atoms with Crippen molar-refractivity contribution < 1.29 is 4.74 Å². The van der Waals surface area contributed by atoms with Gasteiger partial charge in [-0.2, -0.15) is 0 Å². The molecule has 0 spiro atoms. The highest BCUT2D eigenvalue weighted by Gasteiger charge is 2.07. The molecule has 0 aliphatic rings. The summed E-state index contributed by atoms with van der Waals surface area (Å²) < 4.78 is 5.17. The fourth-order valence-corrected chi connectivity index (χ4v) is 0.714. The van der Waals surface area contributed by atoms with Gasteiger partial charge in [0.2, 0.25) is 0 Å². The summed E-state index contributed by atoms with van der Waals surface area (Å²) in [5, 5.41) is 0. The van der Waals surface area contributed by atoms with Crippen LogP contribution in [0.25, 0.3) is 0 Å². The third kappa shape index (κ3) is 5.60. The van der Waals surface area contributed by atoms with Crippen molar-refractivity contribution in [1.82, 2.24) is 0 Å². The number of nitrogens with zero attached hydrogens (tertiary/aromatic N) is 1. The third-order valence-electron chi connectivity index (χ3n) is 0.846. The lowest BCUT2D eigenvalue weighted by Crippen LogP contribution is -2.14. The molecule has 0 amide bonds. The van der Waals surface area contributed by atoms with Crippen molar-refractivity contribution in [2.75, 3.05) is 6.61 Å². The number of rotatable bonds is 1. The van der Waals surface area contributed by atoms with Crippen LogP contribution < -0.4 is 0 Å². The van der Waals surface area contributed by atoms with Crippen molar-refractivity contribution >= 4 is 5.90 Å². The van der Waals surface area contributed by atoms with E-state index in [9.17, 15) is 0 Å². The largest absolute Gasteiger partial charge is 0.481 e. The van der Waals surface area contributed by atoms with E-state index in [1.165, 1.54) is 0 Å². The average molecular weight is 143 g/mol. The lowest BCUT2D eigenvalue weighted by Gasteiger charge is -2.13. The SMILES string of the molecule is CCO/C(C)=N/C(C)(C)C. The van der Waals surface area contributed by atoms with Crippen molar-refractivity contribution in [1.29, 1.82) is 0 Å². The molecule has 2 nitrogen and oxygen atoms in total. The van der Waals surface area contributed by atoms with E-state index in [4.69, 9.17) is 4.74 Å². The van der Waals surface area contributed by atoms with E-state index in [2.05, 4.69) is 25.8 Å². The van der Waals surface area contributed by atoms with Gasteiger partial charge in [-0.25, -0.2) is 0 Å². The third-order valence-corrected chi connectivity index (χ3v) is 0.846. The van der Waals surface area contributed by atoms with Gasteiger partial charge in [-0.05, 0) is 27.7 Å². The minimum Gasteiger partial charge on any atom is -0.481 e. The van der Waals surface area contributed by atoms with Gasteiger partial charge in [0.15, 0.2) is 5.90 Å². The highest BCUT2D eigenvalue weighted by atomic mass is 16.5. The highest BCUT2D eigenvalue weighted by molar-refractivity contribution is 5.73. The second-order valence-corrected chi connectivity index (χ2v) is 3.23. The van der Waals surface area contributed by atoms with Crippen LogP contribution in [0, 0.1) is 0 Å². The minimum atomic E-state index is -0.0146. The molecule has 0 fully saturated rings. The van der Waals surface area contributed by atoms with E-state index in [0.717, 1.165) is 5.90 Å². The van der Waals surface area contributed by atoms with E-state index in [0.29, 0.717) is 6.61 Å². The first-order valence-electron chi connectivity index (χ1n) is 3.65. The Morgan fingerprint density at radius 1 is 1.40 bits per heavy atom. The Balaban J connectivity index is 3.90. The van der Waals surface area contributed by atoms with Gasteiger partial charge in [-0.3, -0.25) is 4.99 Å². The molecular weight excluding hydrogens is 126 g/mol. The summed E-state index contributed by atoms with van der Waals surface area (Å²) in [7, 11) is 0. The molecule has 60 valence electrons. The molecule has 0 aromatic heterocycles. The summed E-state index contributed by atoms with van der Waals surface area (Å²) in [6.45, 7) is 10.7. The second kappa shape index (κ2) is 3.59. The molecule has 0 atom stereocenters. The normalized spacial score (nSPS) is 13.5. The number of ether oxygens (including phenoxy) is 1. The molecule has 0 radical (unpaired) electrons. The lowest BCUT2D eigenvalue weighted by molar-refractivity contribution is 0.317. The van der Waals surface area contributed by atoms with Gasteiger partial charge < -0.3 is 4.74 Å². The Morgan fingerprint density at radius 3 is 2.20 bits per heavy atom. The Morgan fingerprint density at radius 2 is 1.90 bits per heavy atom. The van der Waals surface area contributed by atoms with Crippen LogP contribution in [0.5, 0.6) is 0 Å². The molecule has 0 aromatic rings. The molecule has 0 unspecified atom stereocenters. The molecule has 0 rings (SSSR count). The van der Waals surface area contributed by atoms with Crippen LogP contribution in [0.2, 0.25) is 0 Å². The zero-order chi connectivity index (χ0) is 8.20. The van der Waals surface area contributed by atoms with Crippen LogP contribution >= 0.6 is 0 Å². The summed E-state index contributed by atoms with van der Waals surface area (Å²) in [5.41, 5.74) is -0.0146. The molecule has 0 aromatic carbocycles. The molecule has 0 heterocycles. The van der Waals surface area contributed by atoms with Crippen LogP contribution in [0.4, 0.5) is 0 Å². The smallest absolute Gasteiger partial charge is 0.180 e. The van der Waals surface area contributed by atoms with Gasteiger partial charge in [-0.1, -0.05) is 0 Å². The summed E-state index contributed by atoms with van der Waals surface area (Å²) in [4.78, 5) is 4.29. The minimum absolute atomic E-state index is 0.0146. The molecule has 2 heteroatoms. The molecule has 0 aliphatic carbocycles. The van der Waals surface area contributed by atoms with Gasteiger partial charge in [-0.15, -0.1) is 0 Å². The van der Waals surface area contributed by atoms with Crippen LogP contribution in [-0.2, 0) is 4.74 Å². The average Bonchev–Trinajstić information content (AvgIpc) is 1.59. The van der Waals surface area contributed by atoms with Crippen molar-refractivity contribution in [3.63, 3.8) is 0 Å². The van der Waals surface area contributed by atoms with E-state index in [1.807, 2.05) is 13.8 Å². The van der Waals surface area contributed by atoms with Gasteiger partial charge in [0.25, 0.3) is 0 Å². The second-order valence-electron chi connectivity index (χ2n) is 3.23. The molecular formula is C8H17NO. The Kier molecular flexibility index (Phi) is 3.40. The fourth-order valence-electron chi connectivity index (χ4n) is 0.714. The van der Waals surface area contributed by atoms with Crippen LogP contribution in [0.15, 0.2) is 4.99 Å². The van der Waals surface area contributed by atoms with Gasteiger partial charge in [0, 0.05) is 6.92 Å². The predicted molar refractivity (Wildman–Crippen MR) is 44.5 cm³/mol. The standard InChI is InChI=1S/C8H17NO/c1-6-10-7(2)9-8(3,4)5/h6H2,1-5H3/b9-7+. The molecule has 0 aliphatic heterocycles. The summed E-state index contributed by atoms with van der Waals surface area (Å²) >= 11 is 0. The van der Waals surface area contributed by atoms with E-state index >= 15 is 0 Å². The van der Waals surface area contributed by atoms with Crippen molar-refractivity contribution in [3.05, 3.63) is 0 Å². The Labute approximate surface area is 63.3 Å². The maximum atomic E-state index is 5.17. The van der Waals surface area contributed by atoms with Crippen LogP contribution in [0.1, 0.15) is 34.6 Å². The van der Waals surface area contributed by atoms with Crippen molar-refractivity contribution in [2.45, 2.75) is 40.2 Å². The quantitative estimate of drug-likeness (QED) is 0.407. The van der Waals surface area contributed by atoms with Crippen LogP contribution in [-0.4, -0.2) is 18.0 Å². The molecule has 0 saturated heterocycles. The Hall–Kier alpha value is -0.530. The number of aliphatic imine (C=N–C) groups is 1. The highest BCUT2D eigenvalue weighted by Crippen LogP contribution is 2.06. The first kappa shape index (κ1) is 9.47. The fraction of sp³-hybridized carbons (Fsp3) is 0.875. The number of hydrogen-bond donors (Lipinski definition) is 0. The molecule has 0 bridgehead atoms. The van der Waals surface area contributed by atoms with Crippen LogP contribution in [0.3, 0.4) is 0 Å². The first-order chi connectivity index (χ1) is 4.45. The maximum Gasteiger partial charge on any atom is 0.180 e. The zero-order valence-electron chi connectivity index (χ0n) is 7.56. The lowest BCUT2D eigenvalue weighted by atomic mass is 10.1. The van der Waals surface area contributed by atoms with Crippen molar-refractivity contribution in [2.24, 2.45) is 4.99 Å². The summed E-state index contributed by atoms with van der Waals surface area (Å²) in [6.07, 6.45) is 0. The van der Waals surface area contributed by atoms with E-state index in [-0.39, 0.29) is 5.54 Å². The number of hydrogen-bond acceptors (Lipinski definition) is 2. The predicted octanol–water partition coefficient (Wildman–Crippen LogP) is 2.24. The van der Waals surface area contributed by atoms with E-state index in [1.54, 1.807) is 0 Å². The Bertz CT molecular complexity index is 122. The summed E-state index contributed by atoms with van der Waals surface area (Å²) in [6, 6.07) is 0. The first-order valence-corrected chi connectivity index (χ1v) is 3.65. The van der Waals surface area contributed by atoms with Crippen molar-refractivity contribution in [3.8, 4) is 0 Å². The molecule has 0 saturated carbocycles. The zero-order valence-corrected chi connectivity index (χ0v) is 7.56. The van der Waals surface area contributed by atoms with E-state index < -0.39 is 0 Å². The van der Waals surface area contributed by atoms with Gasteiger partial charge in [0.05, 0.1) is 12.1 Å². The molecule has 10 heavy (non-hydrogen) atoms. The van der Waals surface area contributed by atoms with Gasteiger partial charge >= 0.3 is 0 Å². The maximum absolute atomic E-state index is 5.17. The monoisotopic (exact) mass is 143 g/mol. The topological polar surface area (TPSA) is 21.6 Å². The molecule has 0 N–H and O–H groups in total.